The van der Waals surface area contributed by atoms with Crippen molar-refractivity contribution >= 4 is 23.7 Å². The van der Waals surface area contributed by atoms with Gasteiger partial charge in [0, 0.05) is 12.1 Å². The lowest BCUT2D eigenvalue weighted by Gasteiger charge is -2.05. The van der Waals surface area contributed by atoms with Gasteiger partial charge in [0.25, 0.3) is 5.91 Å². The fraction of sp³-hybridized carbons (Fsp3) is 0.353. The minimum absolute atomic E-state index is 0.248. The SMILES string of the molecule is Cc1ccccc1C(=O)N/N=C\c1c(C)nn(CC(C)C)c1Cl. The normalized spacial score (nSPS) is 11.4. The number of hydrazone groups is 1. The first-order valence-corrected chi connectivity index (χ1v) is 7.90. The van der Waals surface area contributed by atoms with Gasteiger partial charge >= 0.3 is 0 Å². The van der Waals surface area contributed by atoms with E-state index in [-0.39, 0.29) is 5.91 Å². The highest BCUT2D eigenvalue weighted by Gasteiger charge is 2.13. The molecule has 0 aliphatic rings. The molecule has 0 atom stereocenters. The molecule has 1 heterocycles. The number of benzene rings is 1. The topological polar surface area (TPSA) is 59.3 Å². The fourth-order valence-corrected chi connectivity index (χ4v) is 2.52. The van der Waals surface area contributed by atoms with Gasteiger partial charge in [-0.2, -0.15) is 10.2 Å². The summed E-state index contributed by atoms with van der Waals surface area (Å²) in [4.78, 5) is 12.1. The molecule has 0 radical (unpaired) electrons. The third kappa shape index (κ3) is 4.20. The van der Waals surface area contributed by atoms with Gasteiger partial charge in [-0.05, 0) is 31.4 Å². The number of hydrogen-bond acceptors (Lipinski definition) is 3. The van der Waals surface area contributed by atoms with Crippen molar-refractivity contribution in [2.45, 2.75) is 34.2 Å². The maximum absolute atomic E-state index is 12.1. The number of nitrogens with one attached hydrogen (secondary N) is 1. The number of aromatic nitrogens is 2. The number of rotatable bonds is 5. The van der Waals surface area contributed by atoms with Crippen LogP contribution in [0.5, 0.6) is 0 Å². The van der Waals surface area contributed by atoms with E-state index < -0.39 is 0 Å². The molecule has 0 saturated carbocycles. The largest absolute Gasteiger partial charge is 0.271 e. The Morgan fingerprint density at radius 1 is 1.39 bits per heavy atom. The summed E-state index contributed by atoms with van der Waals surface area (Å²) in [6.45, 7) is 8.69. The summed E-state index contributed by atoms with van der Waals surface area (Å²) in [7, 11) is 0. The van der Waals surface area contributed by atoms with Gasteiger partial charge in [0.2, 0.25) is 0 Å². The highest BCUT2D eigenvalue weighted by atomic mass is 35.5. The quantitative estimate of drug-likeness (QED) is 0.672. The molecule has 0 fully saturated rings. The standard InChI is InChI=1S/C17H21ClN4O/c1-11(2)10-22-16(18)15(13(4)21-22)9-19-20-17(23)14-8-6-5-7-12(14)3/h5-9,11H,10H2,1-4H3,(H,20,23)/b19-9-. The molecule has 0 aliphatic carbocycles. The Morgan fingerprint density at radius 3 is 2.74 bits per heavy atom. The van der Waals surface area contributed by atoms with E-state index in [4.69, 9.17) is 11.6 Å². The van der Waals surface area contributed by atoms with Crippen molar-refractivity contribution in [2.24, 2.45) is 11.0 Å². The lowest BCUT2D eigenvalue weighted by molar-refractivity contribution is 0.0954. The molecule has 0 saturated heterocycles. The van der Waals surface area contributed by atoms with Crippen LogP contribution in [0, 0.1) is 19.8 Å². The van der Waals surface area contributed by atoms with E-state index in [9.17, 15) is 4.79 Å². The van der Waals surface area contributed by atoms with Crippen LogP contribution < -0.4 is 5.43 Å². The predicted octanol–water partition coefficient (Wildman–Crippen LogP) is 3.57. The maximum atomic E-state index is 12.1. The molecular formula is C17H21ClN4O. The summed E-state index contributed by atoms with van der Waals surface area (Å²) in [5, 5.41) is 8.94. The highest BCUT2D eigenvalue weighted by Crippen LogP contribution is 2.19. The molecule has 6 heteroatoms. The van der Waals surface area contributed by atoms with Crippen LogP contribution in [0.4, 0.5) is 0 Å². The molecule has 0 unspecified atom stereocenters. The van der Waals surface area contributed by atoms with Crippen LogP contribution in [0.2, 0.25) is 5.15 Å². The summed E-state index contributed by atoms with van der Waals surface area (Å²) < 4.78 is 1.76. The number of carbonyl (C=O) groups excluding carboxylic acids is 1. The lowest BCUT2D eigenvalue weighted by Crippen LogP contribution is -2.18. The van der Waals surface area contributed by atoms with Crippen molar-refractivity contribution in [1.82, 2.24) is 15.2 Å². The van der Waals surface area contributed by atoms with Gasteiger partial charge in [-0.15, -0.1) is 0 Å². The van der Waals surface area contributed by atoms with E-state index in [0.717, 1.165) is 23.4 Å². The molecule has 0 aliphatic heterocycles. The minimum Gasteiger partial charge on any atom is -0.267 e. The molecule has 1 N–H and O–H groups in total. The van der Waals surface area contributed by atoms with Crippen molar-refractivity contribution in [3.8, 4) is 0 Å². The Morgan fingerprint density at radius 2 is 2.09 bits per heavy atom. The molecule has 0 bridgehead atoms. The summed E-state index contributed by atoms with van der Waals surface area (Å²) in [6.07, 6.45) is 1.54. The second kappa shape index (κ2) is 7.42. The number of nitrogens with zero attached hydrogens (tertiary/aromatic N) is 3. The average Bonchev–Trinajstić information content (AvgIpc) is 2.74. The van der Waals surface area contributed by atoms with Crippen molar-refractivity contribution in [2.75, 3.05) is 0 Å². The van der Waals surface area contributed by atoms with Crippen molar-refractivity contribution < 1.29 is 4.79 Å². The van der Waals surface area contributed by atoms with Gasteiger partial charge in [0.15, 0.2) is 0 Å². The molecule has 2 aromatic rings. The van der Waals surface area contributed by atoms with Gasteiger partial charge in [-0.1, -0.05) is 43.6 Å². The number of halogens is 1. The summed E-state index contributed by atoms with van der Waals surface area (Å²) in [6, 6.07) is 7.36. The molecule has 23 heavy (non-hydrogen) atoms. The average molecular weight is 333 g/mol. The van der Waals surface area contributed by atoms with E-state index in [1.54, 1.807) is 10.7 Å². The van der Waals surface area contributed by atoms with Gasteiger partial charge in [0.1, 0.15) is 5.15 Å². The van der Waals surface area contributed by atoms with E-state index in [2.05, 4.69) is 29.5 Å². The molecule has 1 aromatic heterocycles. The summed E-state index contributed by atoms with van der Waals surface area (Å²) in [5.41, 5.74) is 5.53. The Bertz CT molecular complexity index is 734. The third-order valence-corrected chi connectivity index (χ3v) is 3.80. The monoisotopic (exact) mass is 332 g/mol. The second-order valence-corrected chi connectivity index (χ2v) is 6.24. The van der Waals surface area contributed by atoms with Crippen LogP contribution in [0.3, 0.4) is 0 Å². The number of carbonyl (C=O) groups is 1. The fourth-order valence-electron chi connectivity index (χ4n) is 2.22. The van der Waals surface area contributed by atoms with Crippen molar-refractivity contribution in [1.29, 1.82) is 0 Å². The van der Waals surface area contributed by atoms with E-state index in [1.165, 1.54) is 6.21 Å². The van der Waals surface area contributed by atoms with Crippen LogP contribution in [0.1, 0.15) is 41.0 Å². The van der Waals surface area contributed by atoms with E-state index in [1.807, 2.05) is 32.0 Å². The van der Waals surface area contributed by atoms with Gasteiger partial charge in [-0.3, -0.25) is 9.48 Å². The van der Waals surface area contributed by atoms with Crippen LogP contribution in [0.25, 0.3) is 0 Å². The first kappa shape index (κ1) is 17.2. The molecule has 0 spiro atoms. The zero-order valence-electron chi connectivity index (χ0n) is 13.8. The number of hydrogen-bond donors (Lipinski definition) is 1. The molecule has 2 rings (SSSR count). The Kier molecular flexibility index (Phi) is 5.55. The number of amides is 1. The maximum Gasteiger partial charge on any atom is 0.271 e. The Labute approximate surface area is 141 Å². The minimum atomic E-state index is -0.248. The molecule has 122 valence electrons. The predicted molar refractivity (Wildman–Crippen MR) is 93.1 cm³/mol. The number of aryl methyl sites for hydroxylation is 2. The van der Waals surface area contributed by atoms with E-state index in [0.29, 0.717) is 16.6 Å². The Hall–Kier alpha value is -2.14. The van der Waals surface area contributed by atoms with Gasteiger partial charge in [-0.25, -0.2) is 5.43 Å². The smallest absolute Gasteiger partial charge is 0.267 e. The van der Waals surface area contributed by atoms with Crippen LogP contribution >= 0.6 is 11.6 Å². The lowest BCUT2D eigenvalue weighted by atomic mass is 10.1. The van der Waals surface area contributed by atoms with Crippen LogP contribution in [0.15, 0.2) is 29.4 Å². The van der Waals surface area contributed by atoms with Crippen molar-refractivity contribution in [3.05, 3.63) is 51.8 Å². The summed E-state index contributed by atoms with van der Waals surface area (Å²) in [5.74, 6) is 0.194. The van der Waals surface area contributed by atoms with Crippen molar-refractivity contribution in [3.63, 3.8) is 0 Å². The van der Waals surface area contributed by atoms with E-state index >= 15 is 0 Å². The highest BCUT2D eigenvalue weighted by molar-refractivity contribution is 6.32. The summed E-state index contributed by atoms with van der Waals surface area (Å²) >= 11 is 6.33. The first-order chi connectivity index (χ1) is 10.9. The van der Waals surface area contributed by atoms with Gasteiger partial charge < -0.3 is 0 Å². The molecular weight excluding hydrogens is 312 g/mol. The molecule has 1 aromatic carbocycles. The molecule has 5 nitrogen and oxygen atoms in total. The second-order valence-electron chi connectivity index (χ2n) is 5.88. The first-order valence-electron chi connectivity index (χ1n) is 7.52. The Balaban J connectivity index is 2.11. The third-order valence-electron chi connectivity index (χ3n) is 3.40. The van der Waals surface area contributed by atoms with Crippen LogP contribution in [-0.4, -0.2) is 21.9 Å². The van der Waals surface area contributed by atoms with Crippen LogP contribution in [-0.2, 0) is 6.54 Å². The van der Waals surface area contributed by atoms with Gasteiger partial charge in [0.05, 0.1) is 17.5 Å². The molecule has 1 amide bonds. The zero-order chi connectivity index (χ0) is 17.0. The zero-order valence-corrected chi connectivity index (χ0v) is 14.6.